The van der Waals surface area contributed by atoms with E-state index in [1.165, 1.54) is 6.07 Å². The molecule has 2 rings (SSSR count). The molecule has 0 amide bonds. The first-order chi connectivity index (χ1) is 12.6. The summed E-state index contributed by atoms with van der Waals surface area (Å²) in [6, 6.07) is 5.24. The quantitative estimate of drug-likeness (QED) is 0.561. The van der Waals surface area contributed by atoms with Crippen molar-refractivity contribution in [3.8, 4) is 5.75 Å². The molecule has 0 heterocycles. The van der Waals surface area contributed by atoms with Crippen LogP contribution in [0, 0.1) is 5.82 Å². The Hall–Kier alpha value is -1.63. The Morgan fingerprint density at radius 1 is 1.38 bits per heavy atom. The van der Waals surface area contributed by atoms with E-state index in [-0.39, 0.29) is 22.9 Å². The van der Waals surface area contributed by atoms with E-state index in [1.54, 1.807) is 13.1 Å². The summed E-state index contributed by atoms with van der Waals surface area (Å²) in [7, 11) is 0.976. The van der Waals surface area contributed by atoms with E-state index in [0.29, 0.717) is 24.9 Å². The summed E-state index contributed by atoms with van der Waals surface area (Å²) in [6.07, 6.45) is 4.07. The number of halogens is 1. The Kier molecular flexibility index (Phi) is 8.35. The Labute approximate surface area is 158 Å². The van der Waals surface area contributed by atoms with Crippen molar-refractivity contribution in [3.63, 3.8) is 0 Å². The van der Waals surface area contributed by atoms with E-state index < -0.39 is 10.8 Å². The standard InChI is InChI=1S/C19H30FN3O2S/c1-4-25-18-10-9-14(11-17(18)20)13-22-19(21-3)23-15-7-6-8-16(12-15)26(24)5-2/h9-11,15-16H,4-8,12-13H2,1-3H3,(H2,21,22,23). The Morgan fingerprint density at radius 3 is 2.85 bits per heavy atom. The van der Waals surface area contributed by atoms with E-state index in [2.05, 4.69) is 15.6 Å². The Bertz CT molecular complexity index is 639. The second kappa shape index (κ2) is 10.5. The van der Waals surface area contributed by atoms with Crippen molar-refractivity contribution in [2.45, 2.75) is 57.4 Å². The van der Waals surface area contributed by atoms with E-state index in [1.807, 2.05) is 19.9 Å². The first kappa shape index (κ1) is 20.7. The van der Waals surface area contributed by atoms with Crippen LogP contribution in [0.3, 0.4) is 0 Å². The summed E-state index contributed by atoms with van der Waals surface area (Å²) in [4.78, 5) is 4.26. The van der Waals surface area contributed by atoms with Crippen LogP contribution in [0.4, 0.5) is 4.39 Å². The van der Waals surface area contributed by atoms with E-state index in [0.717, 1.165) is 31.2 Å². The van der Waals surface area contributed by atoms with Crippen LogP contribution < -0.4 is 15.4 Å². The van der Waals surface area contributed by atoms with Gasteiger partial charge in [-0.15, -0.1) is 0 Å². The summed E-state index contributed by atoms with van der Waals surface area (Å²) in [5.74, 6) is 1.32. The minimum absolute atomic E-state index is 0.268. The second-order valence-corrected chi connectivity index (χ2v) is 8.43. The lowest BCUT2D eigenvalue weighted by molar-refractivity contribution is 0.321. The fourth-order valence-corrected chi connectivity index (χ4v) is 4.60. The van der Waals surface area contributed by atoms with Gasteiger partial charge >= 0.3 is 0 Å². The van der Waals surface area contributed by atoms with Gasteiger partial charge in [0.1, 0.15) is 0 Å². The summed E-state index contributed by atoms with van der Waals surface area (Å²) >= 11 is 0. The van der Waals surface area contributed by atoms with Crippen LogP contribution in [-0.2, 0) is 17.3 Å². The first-order valence-electron chi connectivity index (χ1n) is 9.32. The van der Waals surface area contributed by atoms with Crippen molar-refractivity contribution in [1.82, 2.24) is 10.6 Å². The molecule has 1 aliphatic rings. The number of hydrogen-bond acceptors (Lipinski definition) is 3. The predicted molar refractivity (Wildman–Crippen MR) is 106 cm³/mol. The molecule has 0 bridgehead atoms. The minimum atomic E-state index is -0.745. The molecule has 146 valence electrons. The number of nitrogens with zero attached hydrogens (tertiary/aromatic N) is 1. The van der Waals surface area contributed by atoms with Crippen molar-refractivity contribution >= 4 is 16.8 Å². The molecule has 3 atom stereocenters. The van der Waals surface area contributed by atoms with Gasteiger partial charge in [0.15, 0.2) is 17.5 Å². The maximum absolute atomic E-state index is 13.9. The smallest absolute Gasteiger partial charge is 0.191 e. The van der Waals surface area contributed by atoms with Crippen LogP contribution in [-0.4, -0.2) is 40.9 Å². The number of benzene rings is 1. The molecule has 3 unspecified atom stereocenters. The molecule has 1 aromatic carbocycles. The zero-order chi connectivity index (χ0) is 18.9. The molecule has 0 aromatic heterocycles. The van der Waals surface area contributed by atoms with Crippen LogP contribution >= 0.6 is 0 Å². The minimum Gasteiger partial charge on any atom is -0.491 e. The molecular weight excluding hydrogens is 353 g/mol. The number of rotatable bonds is 7. The van der Waals surface area contributed by atoms with Gasteiger partial charge < -0.3 is 15.4 Å². The van der Waals surface area contributed by atoms with Crippen LogP contribution in [0.5, 0.6) is 5.75 Å². The van der Waals surface area contributed by atoms with Gasteiger partial charge in [0.05, 0.1) is 6.61 Å². The summed E-state index contributed by atoms with van der Waals surface area (Å²) in [6.45, 7) is 4.72. The fourth-order valence-electron chi connectivity index (χ4n) is 3.25. The zero-order valence-electron chi connectivity index (χ0n) is 15.9. The zero-order valence-corrected chi connectivity index (χ0v) is 16.7. The number of guanidine groups is 1. The maximum Gasteiger partial charge on any atom is 0.191 e. The van der Waals surface area contributed by atoms with E-state index >= 15 is 0 Å². The van der Waals surface area contributed by atoms with Crippen molar-refractivity contribution in [3.05, 3.63) is 29.6 Å². The molecule has 1 aromatic rings. The molecule has 1 aliphatic carbocycles. The van der Waals surface area contributed by atoms with Gasteiger partial charge in [-0.2, -0.15) is 0 Å². The number of aliphatic imine (C=N–C) groups is 1. The molecule has 0 saturated heterocycles. The van der Waals surface area contributed by atoms with Crippen molar-refractivity contribution in [1.29, 1.82) is 0 Å². The predicted octanol–water partition coefficient (Wildman–Crippen LogP) is 2.97. The lowest BCUT2D eigenvalue weighted by Crippen LogP contribution is -2.46. The molecule has 5 nitrogen and oxygen atoms in total. The third-order valence-corrected chi connectivity index (χ3v) is 6.34. The van der Waals surface area contributed by atoms with E-state index in [9.17, 15) is 8.60 Å². The molecule has 7 heteroatoms. The third-order valence-electron chi connectivity index (χ3n) is 4.60. The summed E-state index contributed by atoms with van der Waals surface area (Å²) < 4.78 is 31.2. The molecular formula is C19H30FN3O2S. The fraction of sp³-hybridized carbons (Fsp3) is 0.632. The maximum atomic E-state index is 13.9. The lowest BCUT2D eigenvalue weighted by atomic mass is 9.95. The SMILES string of the molecule is CCOc1ccc(CNC(=NC)NC2CCCC(S(=O)CC)C2)cc1F. The van der Waals surface area contributed by atoms with Crippen LogP contribution in [0.2, 0.25) is 0 Å². The third kappa shape index (κ3) is 5.97. The van der Waals surface area contributed by atoms with Gasteiger partial charge in [0.25, 0.3) is 0 Å². The summed E-state index contributed by atoms with van der Waals surface area (Å²) in [5.41, 5.74) is 0.822. The van der Waals surface area contributed by atoms with Crippen LogP contribution in [0.1, 0.15) is 45.1 Å². The number of nitrogens with one attached hydrogen (secondary N) is 2. The van der Waals surface area contributed by atoms with Gasteiger partial charge in [-0.3, -0.25) is 9.20 Å². The normalized spacial score (nSPS) is 21.9. The topological polar surface area (TPSA) is 62.7 Å². The molecule has 0 radical (unpaired) electrons. The molecule has 2 N–H and O–H groups in total. The molecule has 0 spiro atoms. The largest absolute Gasteiger partial charge is 0.491 e. The second-order valence-electron chi connectivity index (χ2n) is 6.42. The molecule has 1 saturated carbocycles. The van der Waals surface area contributed by atoms with Crippen LogP contribution in [0.25, 0.3) is 0 Å². The highest BCUT2D eigenvalue weighted by Gasteiger charge is 2.26. The highest BCUT2D eigenvalue weighted by Crippen LogP contribution is 2.23. The molecule has 1 fully saturated rings. The average Bonchev–Trinajstić information content (AvgIpc) is 2.66. The highest BCUT2D eigenvalue weighted by atomic mass is 32.2. The van der Waals surface area contributed by atoms with Crippen molar-refractivity contribution in [2.75, 3.05) is 19.4 Å². The molecule has 26 heavy (non-hydrogen) atoms. The van der Waals surface area contributed by atoms with E-state index in [4.69, 9.17) is 4.74 Å². The van der Waals surface area contributed by atoms with Gasteiger partial charge in [0, 0.05) is 41.4 Å². The van der Waals surface area contributed by atoms with Crippen LogP contribution in [0.15, 0.2) is 23.2 Å². The van der Waals surface area contributed by atoms with Gasteiger partial charge in [-0.1, -0.05) is 19.4 Å². The van der Waals surface area contributed by atoms with Gasteiger partial charge in [0.2, 0.25) is 0 Å². The van der Waals surface area contributed by atoms with Crippen molar-refractivity contribution < 1.29 is 13.3 Å². The molecule has 0 aliphatic heterocycles. The summed E-state index contributed by atoms with van der Waals surface area (Å²) in [5, 5.41) is 6.91. The number of hydrogen-bond donors (Lipinski definition) is 2. The highest BCUT2D eigenvalue weighted by molar-refractivity contribution is 7.85. The average molecular weight is 384 g/mol. The Morgan fingerprint density at radius 2 is 2.19 bits per heavy atom. The monoisotopic (exact) mass is 383 g/mol. The lowest BCUT2D eigenvalue weighted by Gasteiger charge is -2.30. The first-order valence-corrected chi connectivity index (χ1v) is 10.7. The van der Waals surface area contributed by atoms with Gasteiger partial charge in [-0.25, -0.2) is 4.39 Å². The number of ether oxygens (including phenoxy) is 1. The van der Waals surface area contributed by atoms with Crippen molar-refractivity contribution in [2.24, 2.45) is 4.99 Å². The van der Waals surface area contributed by atoms with Gasteiger partial charge in [-0.05, 0) is 43.9 Å². The Balaban J connectivity index is 1.88.